The van der Waals surface area contributed by atoms with E-state index in [4.69, 9.17) is 0 Å². The average Bonchev–Trinajstić information content (AvgIpc) is 2.56. The minimum absolute atomic E-state index is 0.0355. The van der Waals surface area contributed by atoms with Gasteiger partial charge in [-0.3, -0.25) is 4.79 Å². The first-order chi connectivity index (χ1) is 9.63. The van der Waals surface area contributed by atoms with Gasteiger partial charge in [0.05, 0.1) is 9.57 Å². The van der Waals surface area contributed by atoms with Crippen LogP contribution < -0.4 is 5.32 Å². The van der Waals surface area contributed by atoms with Crippen molar-refractivity contribution in [3.8, 4) is 0 Å². The molecule has 0 bridgehead atoms. The van der Waals surface area contributed by atoms with Crippen LogP contribution in [0.2, 0.25) is 0 Å². The summed E-state index contributed by atoms with van der Waals surface area (Å²) in [6.07, 6.45) is 3.41. The van der Waals surface area contributed by atoms with Crippen LogP contribution in [0.1, 0.15) is 42.6 Å². The molecular formula is C15H20BrNO3S. The standard InChI is InChI=1S/C15H20BrNO3S/c1-15(2,21(3,19)20)14(16)11-7-8-12-10(9-11)5-4-6-13(18)17-12/h7-9,14H,4-6H2,1-3H3,(H,17,18). The highest BCUT2D eigenvalue weighted by molar-refractivity contribution is 9.09. The van der Waals surface area contributed by atoms with E-state index in [1.165, 1.54) is 6.26 Å². The highest BCUT2D eigenvalue weighted by Gasteiger charge is 2.38. The number of benzene rings is 1. The molecule has 1 N–H and O–H groups in total. The topological polar surface area (TPSA) is 63.2 Å². The van der Waals surface area contributed by atoms with Crippen LogP contribution in [-0.2, 0) is 21.1 Å². The predicted octanol–water partition coefficient (Wildman–Crippen LogP) is 3.22. The fourth-order valence-corrected chi connectivity index (χ4v) is 4.16. The fraction of sp³-hybridized carbons (Fsp3) is 0.533. The highest BCUT2D eigenvalue weighted by Crippen LogP contribution is 2.40. The van der Waals surface area contributed by atoms with E-state index in [1.54, 1.807) is 13.8 Å². The lowest BCUT2D eigenvalue weighted by Crippen LogP contribution is -2.35. The molecule has 0 saturated heterocycles. The largest absolute Gasteiger partial charge is 0.326 e. The molecule has 116 valence electrons. The molecule has 0 aliphatic carbocycles. The van der Waals surface area contributed by atoms with E-state index in [2.05, 4.69) is 21.2 Å². The number of carbonyl (C=O) groups is 1. The summed E-state index contributed by atoms with van der Waals surface area (Å²) in [5, 5.41) is 2.89. The van der Waals surface area contributed by atoms with Gasteiger partial charge in [0.25, 0.3) is 0 Å². The number of carbonyl (C=O) groups excluding carboxylic acids is 1. The number of hydrogen-bond donors (Lipinski definition) is 1. The molecule has 0 radical (unpaired) electrons. The summed E-state index contributed by atoms with van der Waals surface area (Å²) in [7, 11) is -3.20. The molecule has 1 unspecified atom stereocenters. The van der Waals surface area contributed by atoms with Gasteiger partial charge in [-0.2, -0.15) is 0 Å². The van der Waals surface area contributed by atoms with Crippen molar-refractivity contribution in [3.05, 3.63) is 29.3 Å². The van der Waals surface area contributed by atoms with Gasteiger partial charge in [-0.25, -0.2) is 8.42 Å². The maximum Gasteiger partial charge on any atom is 0.224 e. The number of nitrogens with one attached hydrogen (secondary N) is 1. The summed E-state index contributed by atoms with van der Waals surface area (Å²) in [5.41, 5.74) is 2.81. The van der Waals surface area contributed by atoms with Crippen molar-refractivity contribution in [2.75, 3.05) is 11.6 Å². The van der Waals surface area contributed by atoms with Crippen molar-refractivity contribution in [1.82, 2.24) is 0 Å². The Morgan fingerprint density at radius 3 is 2.57 bits per heavy atom. The van der Waals surface area contributed by atoms with E-state index >= 15 is 0 Å². The Morgan fingerprint density at radius 2 is 1.95 bits per heavy atom. The van der Waals surface area contributed by atoms with Gasteiger partial charge < -0.3 is 5.32 Å². The highest BCUT2D eigenvalue weighted by atomic mass is 79.9. The maximum absolute atomic E-state index is 12.0. The number of anilines is 1. The van der Waals surface area contributed by atoms with Crippen LogP contribution >= 0.6 is 15.9 Å². The molecule has 1 amide bonds. The number of rotatable bonds is 3. The fourth-order valence-electron chi connectivity index (χ4n) is 2.34. The Morgan fingerprint density at radius 1 is 1.29 bits per heavy atom. The number of alkyl halides is 1. The second-order valence-electron chi connectivity index (χ2n) is 6.06. The lowest BCUT2D eigenvalue weighted by Gasteiger charge is -2.29. The first kappa shape index (κ1) is 16.5. The lowest BCUT2D eigenvalue weighted by molar-refractivity contribution is -0.116. The third-order valence-electron chi connectivity index (χ3n) is 4.11. The Hall–Kier alpha value is -0.880. The number of aryl methyl sites for hydroxylation is 1. The van der Waals surface area contributed by atoms with Crippen molar-refractivity contribution in [2.45, 2.75) is 42.7 Å². The van der Waals surface area contributed by atoms with Crippen LogP contribution in [0.4, 0.5) is 5.69 Å². The molecule has 1 aromatic rings. The third-order valence-corrected chi connectivity index (χ3v) is 8.24. The molecule has 0 saturated carbocycles. The van der Waals surface area contributed by atoms with E-state index in [0.717, 1.165) is 29.7 Å². The molecule has 6 heteroatoms. The molecule has 1 aliphatic heterocycles. The monoisotopic (exact) mass is 373 g/mol. The maximum atomic E-state index is 12.0. The predicted molar refractivity (Wildman–Crippen MR) is 88.6 cm³/mol. The van der Waals surface area contributed by atoms with Crippen molar-refractivity contribution in [2.24, 2.45) is 0 Å². The van der Waals surface area contributed by atoms with E-state index in [1.807, 2.05) is 18.2 Å². The number of amides is 1. The van der Waals surface area contributed by atoms with Gasteiger partial charge in [-0.05, 0) is 43.9 Å². The molecule has 0 aromatic heterocycles. The van der Waals surface area contributed by atoms with Gasteiger partial charge in [-0.15, -0.1) is 0 Å². The summed E-state index contributed by atoms with van der Waals surface area (Å²) in [5.74, 6) is 0.0355. The van der Waals surface area contributed by atoms with E-state index in [9.17, 15) is 13.2 Å². The molecular weight excluding hydrogens is 354 g/mol. The molecule has 0 spiro atoms. The van der Waals surface area contributed by atoms with E-state index in [0.29, 0.717) is 6.42 Å². The first-order valence-corrected chi connectivity index (χ1v) is 9.70. The Balaban J connectivity index is 2.39. The van der Waals surface area contributed by atoms with Crippen molar-refractivity contribution in [3.63, 3.8) is 0 Å². The third kappa shape index (κ3) is 3.31. The molecule has 0 fully saturated rings. The average molecular weight is 374 g/mol. The number of sulfone groups is 1. The SMILES string of the molecule is CC(C)(C(Br)c1ccc2c(c1)CCCC(=O)N2)S(C)(=O)=O. The van der Waals surface area contributed by atoms with Crippen LogP contribution in [0.25, 0.3) is 0 Å². The van der Waals surface area contributed by atoms with Gasteiger partial charge in [0.2, 0.25) is 5.91 Å². The van der Waals surface area contributed by atoms with Crippen LogP contribution in [0, 0.1) is 0 Å². The number of halogens is 1. The zero-order valence-electron chi connectivity index (χ0n) is 12.4. The van der Waals surface area contributed by atoms with Gasteiger partial charge in [-0.1, -0.05) is 28.1 Å². The van der Waals surface area contributed by atoms with E-state index < -0.39 is 14.6 Å². The Kier molecular flexibility index (Phi) is 4.49. The summed E-state index contributed by atoms with van der Waals surface area (Å²) in [6.45, 7) is 3.43. The van der Waals surface area contributed by atoms with Crippen LogP contribution in [-0.4, -0.2) is 25.3 Å². The van der Waals surface area contributed by atoms with Gasteiger partial charge in [0, 0.05) is 18.4 Å². The summed E-state index contributed by atoms with van der Waals surface area (Å²) in [6, 6.07) is 5.73. The van der Waals surface area contributed by atoms with Gasteiger partial charge in [0.15, 0.2) is 9.84 Å². The molecule has 2 rings (SSSR count). The normalized spacial score (nSPS) is 17.6. The molecule has 4 nitrogen and oxygen atoms in total. The van der Waals surface area contributed by atoms with E-state index in [-0.39, 0.29) is 10.7 Å². The van der Waals surface area contributed by atoms with Crippen molar-refractivity contribution >= 4 is 37.4 Å². The Bertz CT molecular complexity index is 667. The molecule has 21 heavy (non-hydrogen) atoms. The van der Waals surface area contributed by atoms with Crippen LogP contribution in [0.15, 0.2) is 18.2 Å². The summed E-state index contributed by atoms with van der Waals surface area (Å²) in [4.78, 5) is 11.3. The molecule has 1 aromatic carbocycles. The second kappa shape index (κ2) is 5.72. The summed E-state index contributed by atoms with van der Waals surface area (Å²) >= 11 is 3.54. The lowest BCUT2D eigenvalue weighted by atomic mass is 9.97. The van der Waals surface area contributed by atoms with Gasteiger partial charge >= 0.3 is 0 Å². The molecule has 1 atom stereocenters. The minimum atomic E-state index is -3.20. The molecule has 1 aliphatic rings. The minimum Gasteiger partial charge on any atom is -0.326 e. The van der Waals surface area contributed by atoms with Crippen molar-refractivity contribution < 1.29 is 13.2 Å². The van der Waals surface area contributed by atoms with Gasteiger partial charge in [0.1, 0.15) is 0 Å². The number of hydrogen-bond acceptors (Lipinski definition) is 3. The Labute approximate surface area is 134 Å². The quantitative estimate of drug-likeness (QED) is 0.827. The second-order valence-corrected chi connectivity index (χ2v) is 9.57. The van der Waals surface area contributed by atoms with Crippen LogP contribution in [0.5, 0.6) is 0 Å². The zero-order valence-corrected chi connectivity index (χ0v) is 14.8. The first-order valence-electron chi connectivity index (χ1n) is 6.89. The number of fused-ring (bicyclic) bond motifs is 1. The van der Waals surface area contributed by atoms with Crippen molar-refractivity contribution in [1.29, 1.82) is 0 Å². The summed E-state index contributed by atoms with van der Waals surface area (Å²) < 4.78 is 23.0. The molecule has 1 heterocycles. The zero-order chi connectivity index (χ0) is 15.8. The smallest absolute Gasteiger partial charge is 0.224 e. The van der Waals surface area contributed by atoms with Crippen LogP contribution in [0.3, 0.4) is 0 Å².